The first-order valence-electron chi connectivity index (χ1n) is 21.5. The van der Waals surface area contributed by atoms with Crippen LogP contribution < -0.4 is 21.7 Å². The number of nitrogens with one attached hydrogen (secondary N) is 2. The minimum atomic E-state index is -4.65. The molecule has 384 valence electrons. The number of tetrazole rings is 2. The summed E-state index contributed by atoms with van der Waals surface area (Å²) < 4.78 is 117. The summed E-state index contributed by atoms with van der Waals surface area (Å²) in [4.78, 5) is 21.8. The average Bonchev–Trinajstić information content (AvgIpc) is 4.20. The fourth-order valence-electron chi connectivity index (χ4n) is 8.29. The number of sulfonamides is 2. The van der Waals surface area contributed by atoms with Crippen molar-refractivity contribution in [3.63, 3.8) is 0 Å². The number of nitrogens with two attached hydrogens (primary N) is 4. The van der Waals surface area contributed by atoms with Gasteiger partial charge in [0, 0.05) is 43.9 Å². The number of nitrogens with zero attached hydrogens (tertiary/aromatic N) is 10. The van der Waals surface area contributed by atoms with Gasteiger partial charge in [-0.15, -0.1) is 20.4 Å². The van der Waals surface area contributed by atoms with Crippen molar-refractivity contribution in [2.24, 2.45) is 10.3 Å². The Kier molecular flexibility index (Phi) is 14.4. The van der Waals surface area contributed by atoms with Gasteiger partial charge in [0.1, 0.15) is 16.4 Å². The number of thiazole rings is 2. The second-order valence-corrected chi connectivity index (χ2v) is 25.4. The predicted molar refractivity (Wildman–Crippen MR) is 267 cm³/mol. The van der Waals surface area contributed by atoms with Crippen molar-refractivity contribution in [3.05, 3.63) is 60.7 Å². The molecule has 6 heterocycles. The fraction of sp³-hybridized carbons (Fsp3) is 0.275. The first-order chi connectivity index (χ1) is 34.7. The monoisotopic (exact) mass is 1110 g/mol. The standard InChI is InChI=1S/C20H20N8O6S3.C20H22N8O5S3/c21-20-23-17-12(2-1-3-13(17)35-20)11-4-5-14(18(37(22,32)33)16(11)19-24-26-27-25-19)36(30,31)9-7-28-6-8-34-10-15(28)29;21-20-23-17-13(2-1-3-14(17)34-20)12-4-5-15(35(29,30)11-8-28-6-9-33-10-7-28)18(36(22,31)32)16(12)19-24-26-27-25-19/h1-5H,6-10H2,(H2,21,23)(H2,22,32,33)(H,24,25,26,27);1-5H,6-11H2,(H2,21,23)(H2,22,31,32)(H,24,25,26,27). The summed E-state index contributed by atoms with van der Waals surface area (Å²) in [6, 6.07) is 15.9. The number of carbonyl (C=O) groups is 1. The molecule has 0 bridgehead atoms. The first-order valence-corrected chi connectivity index (χ1v) is 29.5. The highest BCUT2D eigenvalue weighted by atomic mass is 32.2. The molecule has 0 unspecified atom stereocenters. The van der Waals surface area contributed by atoms with Gasteiger partial charge in [0.2, 0.25) is 37.6 Å². The topological polar surface area (TPSA) is 417 Å². The largest absolute Gasteiger partial charge is 0.379 e. The van der Waals surface area contributed by atoms with Crippen molar-refractivity contribution < 1.29 is 47.9 Å². The number of primary sulfonamides is 2. The zero-order valence-electron chi connectivity index (χ0n) is 37.8. The van der Waals surface area contributed by atoms with Crippen LogP contribution in [0.3, 0.4) is 0 Å². The maximum Gasteiger partial charge on any atom is 0.248 e. The molecule has 33 heteroatoms. The number of morpholine rings is 2. The van der Waals surface area contributed by atoms with Crippen LogP contribution >= 0.6 is 22.7 Å². The summed E-state index contributed by atoms with van der Waals surface area (Å²) in [5.41, 5.74) is 14.1. The number of nitrogen functional groups attached to an aromatic ring is 2. The van der Waals surface area contributed by atoms with E-state index in [9.17, 15) is 38.5 Å². The smallest absolute Gasteiger partial charge is 0.248 e. The predicted octanol–water partition coefficient (Wildman–Crippen LogP) is 0.484. The van der Waals surface area contributed by atoms with E-state index in [0.717, 1.165) is 9.40 Å². The third-order valence-electron chi connectivity index (χ3n) is 11.6. The molecule has 27 nitrogen and oxygen atoms in total. The molecule has 1 amide bonds. The molecule has 0 saturated carbocycles. The van der Waals surface area contributed by atoms with Crippen molar-refractivity contribution in [2.45, 2.75) is 19.6 Å². The number of rotatable bonds is 14. The molecule has 2 saturated heterocycles. The highest BCUT2D eigenvalue weighted by Crippen LogP contribution is 2.44. The van der Waals surface area contributed by atoms with Crippen molar-refractivity contribution in [2.75, 3.05) is 82.1 Å². The quantitative estimate of drug-likeness (QED) is 0.0862. The number of aromatic amines is 2. The van der Waals surface area contributed by atoms with Gasteiger partial charge < -0.3 is 25.8 Å². The number of H-pyrrole nitrogens is 2. The van der Waals surface area contributed by atoms with Crippen LogP contribution in [0.25, 0.3) is 65.5 Å². The summed E-state index contributed by atoms with van der Waals surface area (Å²) in [7, 11) is -17.6. The van der Waals surface area contributed by atoms with Gasteiger partial charge in [-0.1, -0.05) is 59.1 Å². The Hall–Kier alpha value is -6.53. The lowest BCUT2D eigenvalue weighted by molar-refractivity contribution is -0.142. The Labute approximate surface area is 423 Å². The van der Waals surface area contributed by atoms with E-state index in [-0.39, 0.29) is 72.8 Å². The number of sulfone groups is 2. The number of hydrogen-bond acceptors (Lipinski definition) is 24. The Morgan fingerprint density at radius 1 is 0.589 bits per heavy atom. The van der Waals surface area contributed by atoms with E-state index in [0.29, 0.717) is 64.3 Å². The maximum absolute atomic E-state index is 13.5. The van der Waals surface area contributed by atoms with Crippen LogP contribution in [-0.2, 0) is 54.0 Å². The molecular weight excluding hydrogens is 1070 g/mol. The van der Waals surface area contributed by atoms with Crippen LogP contribution in [-0.4, -0.2) is 171 Å². The Morgan fingerprint density at radius 2 is 1.05 bits per heavy atom. The van der Waals surface area contributed by atoms with Gasteiger partial charge in [0.15, 0.2) is 29.9 Å². The average molecular weight is 1120 g/mol. The van der Waals surface area contributed by atoms with Gasteiger partial charge in [0.25, 0.3) is 0 Å². The number of anilines is 2. The molecule has 2 fully saturated rings. The molecule has 0 aliphatic carbocycles. The lowest BCUT2D eigenvalue weighted by atomic mass is 9.98. The van der Waals surface area contributed by atoms with E-state index in [1.165, 1.54) is 51.8 Å². The summed E-state index contributed by atoms with van der Waals surface area (Å²) in [5.74, 6) is -1.51. The highest BCUT2D eigenvalue weighted by molar-refractivity contribution is 7.94. The lowest BCUT2D eigenvalue weighted by Gasteiger charge is -2.26. The summed E-state index contributed by atoms with van der Waals surface area (Å²) in [5, 5.41) is 39.2. The van der Waals surface area contributed by atoms with Gasteiger partial charge in [-0.2, -0.15) is 10.4 Å². The maximum atomic E-state index is 13.5. The van der Waals surface area contributed by atoms with Crippen molar-refractivity contribution in [1.82, 2.24) is 61.0 Å². The van der Waals surface area contributed by atoms with Gasteiger partial charge >= 0.3 is 0 Å². The fourth-order valence-corrected chi connectivity index (χ4v) is 15.7. The van der Waals surface area contributed by atoms with Crippen LogP contribution in [0.2, 0.25) is 0 Å². The molecule has 2 aliphatic heterocycles. The van der Waals surface area contributed by atoms with Crippen LogP contribution in [0.1, 0.15) is 0 Å². The van der Waals surface area contributed by atoms with E-state index in [2.05, 4.69) is 51.2 Å². The normalized spacial score (nSPS) is 15.2. The number of amides is 1. The van der Waals surface area contributed by atoms with E-state index < -0.39 is 65.1 Å². The van der Waals surface area contributed by atoms with Crippen molar-refractivity contribution in [3.8, 4) is 45.0 Å². The second kappa shape index (κ2) is 20.4. The molecule has 4 aromatic heterocycles. The minimum Gasteiger partial charge on any atom is -0.379 e. The molecule has 8 aromatic rings. The Morgan fingerprint density at radius 3 is 1.49 bits per heavy atom. The Balaban J connectivity index is 0.000000180. The second-order valence-electron chi connectivity index (χ2n) is 16.1. The van der Waals surface area contributed by atoms with Gasteiger partial charge in [-0.05, 0) is 45.8 Å². The minimum absolute atomic E-state index is 0.0854. The van der Waals surface area contributed by atoms with E-state index in [1.807, 2.05) is 11.0 Å². The molecule has 0 spiro atoms. The van der Waals surface area contributed by atoms with Crippen LogP contribution in [0.5, 0.6) is 0 Å². The van der Waals surface area contributed by atoms with Crippen LogP contribution in [0.4, 0.5) is 10.3 Å². The van der Waals surface area contributed by atoms with E-state index in [1.54, 1.807) is 30.3 Å². The van der Waals surface area contributed by atoms with Crippen LogP contribution in [0.15, 0.2) is 80.2 Å². The summed E-state index contributed by atoms with van der Waals surface area (Å²) in [6.07, 6.45) is 0. The van der Waals surface area contributed by atoms with Crippen molar-refractivity contribution in [1.29, 1.82) is 0 Å². The van der Waals surface area contributed by atoms with Gasteiger partial charge in [-0.3, -0.25) is 9.69 Å². The lowest BCUT2D eigenvalue weighted by Crippen LogP contribution is -2.43. The molecule has 0 atom stereocenters. The number of para-hydroxylation sites is 2. The summed E-state index contributed by atoms with van der Waals surface area (Å²) in [6.45, 7) is 2.61. The molecular formula is C40H42N16O11S6. The highest BCUT2D eigenvalue weighted by Gasteiger charge is 2.35. The number of hydrogen-bond donors (Lipinski definition) is 6. The number of carbonyl (C=O) groups excluding carboxylic acids is 1. The van der Waals surface area contributed by atoms with E-state index >= 15 is 0 Å². The molecule has 10 rings (SSSR count). The van der Waals surface area contributed by atoms with E-state index in [4.69, 9.17) is 31.2 Å². The van der Waals surface area contributed by atoms with Gasteiger partial charge in [0.05, 0.1) is 72.7 Å². The molecule has 2 aliphatic rings. The van der Waals surface area contributed by atoms with Gasteiger partial charge in [-0.25, -0.2) is 53.9 Å². The number of aromatic nitrogens is 10. The SMILES string of the molecule is Nc1nc2c(-c3ccc(S(=O)(=O)CCN4CCOCC4)c(S(N)(=O)=O)c3-c3nn[nH]n3)cccc2s1.Nc1nc2c(-c3ccc(S(=O)(=O)CCN4CCOCC4=O)c(S(N)(=O)=O)c3-c3nn[nH]n3)cccc2s1. The zero-order chi connectivity index (χ0) is 51.9. The number of benzene rings is 4. The third-order valence-corrected chi connectivity index (χ3v) is 19.0. The third kappa shape index (κ3) is 10.8. The molecule has 10 N–H and O–H groups in total. The molecule has 4 aromatic carbocycles. The first kappa shape index (κ1) is 51.4. The number of ether oxygens (including phenoxy) is 2. The Bertz CT molecular complexity index is 3850. The summed E-state index contributed by atoms with van der Waals surface area (Å²) >= 11 is 2.50. The number of fused-ring (bicyclic) bond motifs is 2. The molecule has 73 heavy (non-hydrogen) atoms. The zero-order valence-corrected chi connectivity index (χ0v) is 42.7. The van der Waals surface area contributed by atoms with Crippen molar-refractivity contribution >= 4 is 99.0 Å². The van der Waals surface area contributed by atoms with Crippen LogP contribution in [0, 0.1) is 0 Å². The molecule has 0 radical (unpaired) electrons.